The molecule has 0 aliphatic heterocycles. The molecule has 0 aromatic heterocycles. The highest BCUT2D eigenvalue weighted by molar-refractivity contribution is 5.66. The van der Waals surface area contributed by atoms with Crippen LogP contribution in [-0.4, -0.2) is 24.3 Å². The lowest BCUT2D eigenvalue weighted by Gasteiger charge is -1.98. The third kappa shape index (κ3) is 16.9. The van der Waals surface area contributed by atoms with Crippen molar-refractivity contribution in [3.8, 4) is 0 Å². The number of unbranched alkanes of at least 4 members (excludes halogenated alkanes) is 5. The van der Waals surface area contributed by atoms with Gasteiger partial charge in [-0.05, 0) is 32.1 Å². The average molecular weight is 282 g/mol. The van der Waals surface area contributed by atoms with Gasteiger partial charge in [0, 0.05) is 13.0 Å². The van der Waals surface area contributed by atoms with E-state index in [0.717, 1.165) is 51.7 Å². The monoisotopic (exact) mass is 282 g/mol. The van der Waals surface area contributed by atoms with Crippen LogP contribution in [0.15, 0.2) is 24.3 Å². The Hall–Kier alpha value is -1.09. The number of ether oxygens (including phenoxy) is 1. The summed E-state index contributed by atoms with van der Waals surface area (Å²) in [4.78, 5) is 10.3. The molecule has 0 rings (SSSR count). The van der Waals surface area contributed by atoms with Gasteiger partial charge in [0.25, 0.3) is 0 Å². The summed E-state index contributed by atoms with van der Waals surface area (Å²) >= 11 is 0. The summed E-state index contributed by atoms with van der Waals surface area (Å²) in [5, 5.41) is 8.49. The predicted octanol–water partition coefficient (Wildman–Crippen LogP) is 4.73. The molecule has 0 fully saturated rings. The van der Waals surface area contributed by atoms with E-state index >= 15 is 0 Å². The summed E-state index contributed by atoms with van der Waals surface area (Å²) < 4.78 is 5.34. The van der Waals surface area contributed by atoms with Gasteiger partial charge in [-0.2, -0.15) is 0 Å². The van der Waals surface area contributed by atoms with E-state index < -0.39 is 5.97 Å². The smallest absolute Gasteiger partial charge is 0.303 e. The number of hydrogen-bond donors (Lipinski definition) is 1. The van der Waals surface area contributed by atoms with E-state index in [-0.39, 0.29) is 0 Å². The van der Waals surface area contributed by atoms with Gasteiger partial charge in [0.1, 0.15) is 0 Å². The van der Waals surface area contributed by atoms with Gasteiger partial charge in [-0.15, -0.1) is 0 Å². The second-order valence-corrected chi connectivity index (χ2v) is 4.95. The van der Waals surface area contributed by atoms with Crippen molar-refractivity contribution in [2.75, 3.05) is 13.2 Å². The maximum atomic E-state index is 10.3. The summed E-state index contributed by atoms with van der Waals surface area (Å²) in [6, 6.07) is 0. The quantitative estimate of drug-likeness (QED) is 0.370. The maximum absolute atomic E-state index is 10.3. The molecule has 0 radical (unpaired) electrons. The van der Waals surface area contributed by atoms with Crippen LogP contribution in [0.3, 0.4) is 0 Å². The van der Waals surface area contributed by atoms with Crippen LogP contribution in [-0.2, 0) is 9.53 Å². The van der Waals surface area contributed by atoms with E-state index in [9.17, 15) is 4.79 Å². The molecular weight excluding hydrogens is 252 g/mol. The third-order valence-corrected chi connectivity index (χ3v) is 2.93. The van der Waals surface area contributed by atoms with E-state index in [0.29, 0.717) is 6.42 Å². The fourth-order valence-corrected chi connectivity index (χ4v) is 1.82. The van der Waals surface area contributed by atoms with Gasteiger partial charge in [0.05, 0.1) is 6.61 Å². The van der Waals surface area contributed by atoms with Crippen LogP contribution in [0.1, 0.15) is 64.7 Å². The van der Waals surface area contributed by atoms with Gasteiger partial charge in [-0.1, -0.05) is 50.5 Å². The number of carboxylic acid groups (broad SMARTS) is 1. The molecule has 3 heteroatoms. The molecule has 3 nitrogen and oxygen atoms in total. The Bertz CT molecular complexity index is 269. The van der Waals surface area contributed by atoms with Crippen LogP contribution in [0.4, 0.5) is 0 Å². The Balaban J connectivity index is 3.17. The van der Waals surface area contributed by atoms with Crippen molar-refractivity contribution in [1.82, 2.24) is 0 Å². The molecule has 0 amide bonds. The molecule has 20 heavy (non-hydrogen) atoms. The zero-order valence-corrected chi connectivity index (χ0v) is 12.9. The number of carboxylic acids is 1. The predicted molar refractivity (Wildman–Crippen MR) is 84.0 cm³/mol. The average Bonchev–Trinajstić information content (AvgIpc) is 2.43. The molecule has 0 aromatic carbocycles. The SMILES string of the molecule is CCCOCC=CCC=CCCCCCCCC(=O)O. The molecular formula is C17H30O3. The van der Waals surface area contributed by atoms with Crippen molar-refractivity contribution in [1.29, 1.82) is 0 Å². The van der Waals surface area contributed by atoms with E-state index in [1.165, 1.54) is 12.8 Å². The first-order chi connectivity index (χ1) is 9.77. The van der Waals surface area contributed by atoms with Gasteiger partial charge < -0.3 is 9.84 Å². The van der Waals surface area contributed by atoms with Gasteiger partial charge in [0.15, 0.2) is 0 Å². The lowest BCUT2D eigenvalue weighted by atomic mass is 10.1. The summed E-state index contributed by atoms with van der Waals surface area (Å²) in [6.45, 7) is 3.67. The van der Waals surface area contributed by atoms with Crippen molar-refractivity contribution in [2.24, 2.45) is 0 Å². The fourth-order valence-electron chi connectivity index (χ4n) is 1.82. The summed E-state index contributed by atoms with van der Waals surface area (Å²) in [5.74, 6) is -0.680. The maximum Gasteiger partial charge on any atom is 0.303 e. The lowest BCUT2D eigenvalue weighted by Crippen LogP contribution is -1.93. The Labute approximate surface area is 123 Å². The Kier molecular flexibility index (Phi) is 15.1. The van der Waals surface area contributed by atoms with Gasteiger partial charge in [0.2, 0.25) is 0 Å². The number of allylic oxidation sites excluding steroid dienone is 3. The van der Waals surface area contributed by atoms with Crippen LogP contribution in [0.5, 0.6) is 0 Å². The van der Waals surface area contributed by atoms with Crippen LogP contribution < -0.4 is 0 Å². The molecule has 0 aliphatic carbocycles. The van der Waals surface area contributed by atoms with Crippen LogP contribution in [0, 0.1) is 0 Å². The van der Waals surface area contributed by atoms with Gasteiger partial charge in [-0.3, -0.25) is 4.79 Å². The lowest BCUT2D eigenvalue weighted by molar-refractivity contribution is -0.137. The highest BCUT2D eigenvalue weighted by Crippen LogP contribution is 2.07. The largest absolute Gasteiger partial charge is 0.481 e. The molecule has 0 aromatic rings. The van der Waals surface area contributed by atoms with Crippen LogP contribution in [0.25, 0.3) is 0 Å². The van der Waals surface area contributed by atoms with Crippen molar-refractivity contribution in [3.63, 3.8) is 0 Å². The van der Waals surface area contributed by atoms with E-state index in [1.54, 1.807) is 0 Å². The molecule has 0 aliphatic rings. The van der Waals surface area contributed by atoms with Crippen molar-refractivity contribution in [2.45, 2.75) is 64.7 Å². The number of aliphatic carboxylic acids is 1. The Morgan fingerprint density at radius 1 is 1.00 bits per heavy atom. The highest BCUT2D eigenvalue weighted by Gasteiger charge is 1.95. The topological polar surface area (TPSA) is 46.5 Å². The number of carbonyl (C=O) groups is 1. The molecule has 0 heterocycles. The Morgan fingerprint density at radius 3 is 2.45 bits per heavy atom. The van der Waals surface area contributed by atoms with Crippen LogP contribution in [0.2, 0.25) is 0 Å². The standard InChI is InChI=1S/C17H30O3/c1-2-15-20-16-13-11-9-7-5-3-4-6-8-10-12-14-17(18)19/h5,7,11,13H,2-4,6,8-10,12,14-16H2,1H3,(H,18,19). The van der Waals surface area contributed by atoms with Crippen molar-refractivity contribution in [3.05, 3.63) is 24.3 Å². The van der Waals surface area contributed by atoms with Crippen LogP contribution >= 0.6 is 0 Å². The molecule has 0 saturated carbocycles. The van der Waals surface area contributed by atoms with Gasteiger partial charge >= 0.3 is 5.97 Å². The second kappa shape index (κ2) is 16.0. The zero-order valence-electron chi connectivity index (χ0n) is 12.9. The third-order valence-electron chi connectivity index (χ3n) is 2.93. The molecule has 1 N–H and O–H groups in total. The van der Waals surface area contributed by atoms with Gasteiger partial charge in [-0.25, -0.2) is 0 Å². The fraction of sp³-hybridized carbons (Fsp3) is 0.706. The molecule has 0 unspecified atom stereocenters. The molecule has 0 bridgehead atoms. The molecule has 0 spiro atoms. The molecule has 116 valence electrons. The Morgan fingerprint density at radius 2 is 1.70 bits per heavy atom. The summed E-state index contributed by atoms with van der Waals surface area (Å²) in [5.41, 5.74) is 0. The molecule has 0 saturated heterocycles. The normalized spacial score (nSPS) is 11.7. The van der Waals surface area contributed by atoms with Crippen molar-refractivity contribution >= 4 is 5.97 Å². The summed E-state index contributed by atoms with van der Waals surface area (Å²) in [7, 11) is 0. The highest BCUT2D eigenvalue weighted by atomic mass is 16.5. The number of hydrogen-bond acceptors (Lipinski definition) is 2. The molecule has 0 atom stereocenters. The zero-order chi connectivity index (χ0) is 14.9. The summed E-state index contributed by atoms with van der Waals surface area (Å²) in [6.07, 6.45) is 17.5. The second-order valence-electron chi connectivity index (χ2n) is 4.95. The first-order valence-electron chi connectivity index (χ1n) is 7.87. The minimum absolute atomic E-state index is 0.314. The van der Waals surface area contributed by atoms with E-state index in [4.69, 9.17) is 9.84 Å². The minimum atomic E-state index is -0.680. The van der Waals surface area contributed by atoms with Crippen molar-refractivity contribution < 1.29 is 14.6 Å². The van der Waals surface area contributed by atoms with E-state index in [2.05, 4.69) is 31.2 Å². The first-order valence-corrected chi connectivity index (χ1v) is 7.87. The minimum Gasteiger partial charge on any atom is -0.481 e. The van der Waals surface area contributed by atoms with E-state index in [1.807, 2.05) is 0 Å². The number of rotatable bonds is 14. The first kappa shape index (κ1) is 18.9.